The fourth-order valence-corrected chi connectivity index (χ4v) is 2.64. The number of carbonyl (C=O) groups is 1. The van der Waals surface area contributed by atoms with Crippen LogP contribution >= 0.6 is 0 Å². The molecule has 1 aliphatic rings. The lowest BCUT2D eigenvalue weighted by molar-refractivity contribution is -0.122. The molecule has 19 heavy (non-hydrogen) atoms. The molecule has 0 aromatic rings. The van der Waals surface area contributed by atoms with Gasteiger partial charge in [-0.3, -0.25) is 4.79 Å². The van der Waals surface area contributed by atoms with Crippen molar-refractivity contribution in [2.45, 2.75) is 64.8 Å². The summed E-state index contributed by atoms with van der Waals surface area (Å²) in [7, 11) is 0. The van der Waals surface area contributed by atoms with E-state index in [1.165, 1.54) is 19.3 Å². The third-order valence-corrected chi connectivity index (χ3v) is 4.40. The number of aliphatic hydroxyl groups excluding tert-OH is 1. The van der Waals surface area contributed by atoms with Crippen LogP contribution in [0.4, 0.5) is 0 Å². The first kappa shape index (κ1) is 16.4. The van der Waals surface area contributed by atoms with Gasteiger partial charge >= 0.3 is 0 Å². The predicted molar refractivity (Wildman–Crippen MR) is 78.0 cm³/mol. The molecule has 0 heterocycles. The van der Waals surface area contributed by atoms with Crippen LogP contribution in [0.1, 0.15) is 59.3 Å². The van der Waals surface area contributed by atoms with E-state index in [1.54, 1.807) is 0 Å². The van der Waals surface area contributed by atoms with Gasteiger partial charge in [-0.2, -0.15) is 0 Å². The topological polar surface area (TPSA) is 61.4 Å². The van der Waals surface area contributed by atoms with Gasteiger partial charge in [0.15, 0.2) is 0 Å². The molecule has 1 fully saturated rings. The number of nitrogens with one attached hydrogen (secondary N) is 2. The van der Waals surface area contributed by atoms with E-state index in [2.05, 4.69) is 17.6 Å². The lowest BCUT2D eigenvalue weighted by Gasteiger charge is -2.36. The molecule has 0 bridgehead atoms. The lowest BCUT2D eigenvalue weighted by Crippen LogP contribution is -2.48. The summed E-state index contributed by atoms with van der Waals surface area (Å²) in [5, 5.41) is 15.8. The number of carbonyl (C=O) groups excluding carboxylic acids is 1. The van der Waals surface area contributed by atoms with Crippen molar-refractivity contribution in [2.75, 3.05) is 19.7 Å². The Balaban J connectivity index is 2.30. The van der Waals surface area contributed by atoms with Gasteiger partial charge in [-0.15, -0.1) is 0 Å². The maximum Gasteiger partial charge on any atom is 0.234 e. The molecule has 0 atom stereocenters. The van der Waals surface area contributed by atoms with Crippen LogP contribution in [-0.4, -0.2) is 36.2 Å². The molecule has 0 aliphatic heterocycles. The summed E-state index contributed by atoms with van der Waals surface area (Å²) in [6, 6.07) is 0. The van der Waals surface area contributed by atoms with E-state index >= 15 is 0 Å². The van der Waals surface area contributed by atoms with Crippen LogP contribution in [0.25, 0.3) is 0 Å². The smallest absolute Gasteiger partial charge is 0.234 e. The monoisotopic (exact) mass is 270 g/mol. The fraction of sp³-hybridized carbons (Fsp3) is 0.933. The Morgan fingerprint density at radius 2 is 1.89 bits per heavy atom. The molecule has 0 saturated heterocycles. The molecule has 1 amide bonds. The lowest BCUT2D eigenvalue weighted by atomic mass is 9.74. The van der Waals surface area contributed by atoms with E-state index in [4.69, 9.17) is 0 Å². The third kappa shape index (κ3) is 5.49. The molecule has 4 heteroatoms. The summed E-state index contributed by atoms with van der Waals surface area (Å²) < 4.78 is 0. The zero-order valence-electron chi connectivity index (χ0n) is 12.7. The van der Waals surface area contributed by atoms with E-state index < -0.39 is 0 Å². The van der Waals surface area contributed by atoms with Crippen molar-refractivity contribution < 1.29 is 9.90 Å². The second-order valence-corrected chi connectivity index (χ2v) is 6.61. The summed E-state index contributed by atoms with van der Waals surface area (Å²) in [5.74, 6) is 0.0377. The number of rotatable bonds is 7. The zero-order chi connectivity index (χ0) is 14.4. The number of hydrogen-bond acceptors (Lipinski definition) is 3. The zero-order valence-corrected chi connectivity index (χ0v) is 12.7. The van der Waals surface area contributed by atoms with Gasteiger partial charge in [0.1, 0.15) is 0 Å². The third-order valence-electron chi connectivity index (χ3n) is 4.40. The summed E-state index contributed by atoms with van der Waals surface area (Å²) >= 11 is 0. The fourth-order valence-electron chi connectivity index (χ4n) is 2.64. The Kier molecular flexibility index (Phi) is 6.27. The maximum absolute atomic E-state index is 11.8. The minimum atomic E-state index is -0.141. The van der Waals surface area contributed by atoms with Crippen LogP contribution in [0.2, 0.25) is 0 Å². The summed E-state index contributed by atoms with van der Waals surface area (Å²) in [4.78, 5) is 11.8. The van der Waals surface area contributed by atoms with E-state index in [0.29, 0.717) is 6.54 Å². The average Bonchev–Trinajstić information content (AvgIpc) is 2.39. The summed E-state index contributed by atoms with van der Waals surface area (Å²) in [5.41, 5.74) is -0.142. The maximum atomic E-state index is 11.8. The highest BCUT2D eigenvalue weighted by molar-refractivity contribution is 5.78. The van der Waals surface area contributed by atoms with Gasteiger partial charge in [-0.05, 0) is 33.1 Å². The Labute approximate surface area is 117 Å². The predicted octanol–water partition coefficient (Wildman–Crippen LogP) is 1.82. The molecule has 1 saturated carbocycles. The largest absolute Gasteiger partial charge is 0.396 e. The molecule has 0 spiro atoms. The molecule has 1 aliphatic carbocycles. The minimum absolute atomic E-state index is 0.00119. The number of aliphatic hydroxyl groups is 1. The van der Waals surface area contributed by atoms with Crippen molar-refractivity contribution >= 4 is 5.91 Å². The second kappa shape index (κ2) is 7.25. The van der Waals surface area contributed by atoms with Crippen LogP contribution in [0.15, 0.2) is 0 Å². The van der Waals surface area contributed by atoms with Crippen LogP contribution in [0, 0.1) is 5.41 Å². The quantitative estimate of drug-likeness (QED) is 0.661. The van der Waals surface area contributed by atoms with Gasteiger partial charge in [0.25, 0.3) is 0 Å². The van der Waals surface area contributed by atoms with Gasteiger partial charge in [-0.25, -0.2) is 0 Å². The summed E-state index contributed by atoms with van der Waals surface area (Å²) in [6.07, 6.45) is 6.71. The first-order valence-electron chi connectivity index (χ1n) is 7.56. The first-order chi connectivity index (χ1) is 8.93. The molecule has 0 aromatic carbocycles. The van der Waals surface area contributed by atoms with E-state index in [-0.39, 0.29) is 23.5 Å². The highest BCUT2D eigenvalue weighted by Gasteiger charge is 2.31. The Bertz CT molecular complexity index is 284. The molecule has 1 rings (SSSR count). The second-order valence-electron chi connectivity index (χ2n) is 6.61. The number of amides is 1. The molecule has 0 aromatic heterocycles. The van der Waals surface area contributed by atoms with Crippen molar-refractivity contribution in [3.8, 4) is 0 Å². The standard InChI is InChI=1S/C15H30N2O2/c1-4-14(2,3)17-13(19)10-16-11-15(12-18)8-6-5-7-9-15/h16,18H,4-12H2,1-3H3,(H,17,19). The Hall–Kier alpha value is -0.610. The van der Waals surface area contributed by atoms with Crippen LogP contribution in [0.5, 0.6) is 0 Å². The minimum Gasteiger partial charge on any atom is -0.396 e. The van der Waals surface area contributed by atoms with Crippen molar-refractivity contribution in [1.82, 2.24) is 10.6 Å². The van der Waals surface area contributed by atoms with Gasteiger partial charge in [-0.1, -0.05) is 26.2 Å². The highest BCUT2D eigenvalue weighted by atomic mass is 16.3. The molecular weight excluding hydrogens is 240 g/mol. The van der Waals surface area contributed by atoms with Crippen molar-refractivity contribution in [1.29, 1.82) is 0 Å². The SMILES string of the molecule is CCC(C)(C)NC(=O)CNCC1(CO)CCCCC1. The summed E-state index contributed by atoms with van der Waals surface area (Å²) in [6.45, 7) is 7.43. The number of hydrogen-bond donors (Lipinski definition) is 3. The van der Waals surface area contributed by atoms with E-state index in [0.717, 1.165) is 25.8 Å². The molecule has 112 valence electrons. The van der Waals surface area contributed by atoms with Gasteiger partial charge in [0.2, 0.25) is 5.91 Å². The molecule has 3 N–H and O–H groups in total. The first-order valence-corrected chi connectivity index (χ1v) is 7.56. The molecule has 4 nitrogen and oxygen atoms in total. The Morgan fingerprint density at radius 1 is 1.26 bits per heavy atom. The highest BCUT2D eigenvalue weighted by Crippen LogP contribution is 2.35. The van der Waals surface area contributed by atoms with Crippen LogP contribution in [0.3, 0.4) is 0 Å². The van der Waals surface area contributed by atoms with E-state index in [1.807, 2.05) is 13.8 Å². The van der Waals surface area contributed by atoms with Gasteiger partial charge in [0.05, 0.1) is 6.54 Å². The van der Waals surface area contributed by atoms with Gasteiger partial charge in [0, 0.05) is 24.1 Å². The Morgan fingerprint density at radius 3 is 2.42 bits per heavy atom. The van der Waals surface area contributed by atoms with Crippen molar-refractivity contribution in [3.63, 3.8) is 0 Å². The molecule has 0 radical (unpaired) electrons. The van der Waals surface area contributed by atoms with Crippen molar-refractivity contribution in [3.05, 3.63) is 0 Å². The molecular formula is C15H30N2O2. The van der Waals surface area contributed by atoms with Crippen molar-refractivity contribution in [2.24, 2.45) is 5.41 Å². The normalized spacial score (nSPS) is 19.2. The average molecular weight is 270 g/mol. The molecule has 0 unspecified atom stereocenters. The van der Waals surface area contributed by atoms with E-state index in [9.17, 15) is 9.90 Å². The van der Waals surface area contributed by atoms with Crippen LogP contribution in [-0.2, 0) is 4.79 Å². The van der Waals surface area contributed by atoms with Gasteiger partial charge < -0.3 is 15.7 Å². The van der Waals surface area contributed by atoms with Crippen LogP contribution < -0.4 is 10.6 Å².